The van der Waals surface area contributed by atoms with E-state index >= 15 is 0 Å². The highest BCUT2D eigenvalue weighted by atomic mass is 32.2. The van der Waals surface area contributed by atoms with Crippen LogP contribution in [-0.2, 0) is 19.1 Å². The first kappa shape index (κ1) is 17.6. The molecule has 1 heterocycles. The Morgan fingerprint density at radius 1 is 0.870 bits per heavy atom. The summed E-state index contributed by atoms with van der Waals surface area (Å²) in [6, 6.07) is 5.40. The predicted octanol–water partition coefficient (Wildman–Crippen LogP) is 2.74. The number of hydrogen-bond acceptors (Lipinski definition) is 8. The van der Waals surface area contributed by atoms with Crippen molar-refractivity contribution in [2.24, 2.45) is 0 Å². The minimum Gasteiger partial charge on any atom is -0.496 e. The maximum absolute atomic E-state index is 11.9. The molecule has 0 unspecified atom stereocenters. The number of benzene rings is 1. The van der Waals surface area contributed by atoms with Crippen molar-refractivity contribution in [3.63, 3.8) is 0 Å². The van der Waals surface area contributed by atoms with Gasteiger partial charge in [-0.1, -0.05) is 29.6 Å². The van der Waals surface area contributed by atoms with Gasteiger partial charge in [0, 0.05) is 0 Å². The van der Waals surface area contributed by atoms with E-state index in [1.807, 2.05) is 0 Å². The van der Waals surface area contributed by atoms with Crippen LogP contribution < -0.4 is 9.47 Å². The number of esters is 2. The summed E-state index contributed by atoms with van der Waals surface area (Å²) in [5.74, 6) is 0.0906. The van der Waals surface area contributed by atoms with E-state index in [0.717, 1.165) is 5.56 Å². The number of carbonyl (C=O) groups excluding carboxylic acids is 2. The fourth-order valence-corrected chi connectivity index (χ4v) is 4.97. The van der Waals surface area contributed by atoms with Gasteiger partial charge in [0.2, 0.25) is 0 Å². The van der Waals surface area contributed by atoms with Crippen LogP contribution in [0, 0.1) is 0 Å². The van der Waals surface area contributed by atoms with E-state index in [0.29, 0.717) is 11.5 Å². The Labute approximate surface area is 142 Å². The van der Waals surface area contributed by atoms with Crippen molar-refractivity contribution in [3.8, 4) is 11.5 Å². The Morgan fingerprint density at radius 2 is 1.30 bits per heavy atom. The summed E-state index contributed by atoms with van der Waals surface area (Å²) in [6.45, 7) is 0. The van der Waals surface area contributed by atoms with Crippen molar-refractivity contribution in [3.05, 3.63) is 33.6 Å². The maximum atomic E-state index is 11.9. The third-order valence-electron chi connectivity index (χ3n) is 3.10. The van der Waals surface area contributed by atoms with Crippen molar-refractivity contribution in [2.75, 3.05) is 28.4 Å². The molecule has 8 heteroatoms. The van der Waals surface area contributed by atoms with E-state index < -0.39 is 11.9 Å². The lowest BCUT2D eigenvalue weighted by atomic mass is 10.2. The standard InChI is InChI=1S/C15H16O6S2/c1-18-8-6-5-7-9(19-2)10(8)15-22-11(13(16)20-3)12(23-15)14(17)21-4/h5-7,15H,1-4H3. The second-order valence-corrected chi connectivity index (χ2v) is 6.81. The van der Waals surface area contributed by atoms with Crippen LogP contribution in [-0.4, -0.2) is 40.4 Å². The Balaban J connectivity index is 2.43. The maximum Gasteiger partial charge on any atom is 0.345 e. The molecule has 0 spiro atoms. The molecule has 0 aliphatic carbocycles. The van der Waals surface area contributed by atoms with Crippen molar-refractivity contribution in [1.29, 1.82) is 0 Å². The summed E-state index contributed by atoms with van der Waals surface area (Å²) in [5.41, 5.74) is 0.757. The van der Waals surface area contributed by atoms with Crippen LogP contribution in [0.2, 0.25) is 0 Å². The molecule has 1 aromatic rings. The highest BCUT2D eigenvalue weighted by Gasteiger charge is 2.38. The van der Waals surface area contributed by atoms with Gasteiger partial charge in [-0.15, -0.1) is 0 Å². The topological polar surface area (TPSA) is 71.1 Å². The molecular weight excluding hydrogens is 340 g/mol. The molecule has 0 saturated carbocycles. The zero-order valence-corrected chi connectivity index (χ0v) is 14.7. The van der Waals surface area contributed by atoms with Crippen LogP contribution in [0.1, 0.15) is 10.1 Å². The van der Waals surface area contributed by atoms with E-state index in [1.165, 1.54) is 37.7 Å². The molecule has 124 valence electrons. The van der Waals surface area contributed by atoms with Gasteiger partial charge in [0.25, 0.3) is 0 Å². The number of ether oxygens (including phenoxy) is 4. The van der Waals surface area contributed by atoms with Gasteiger partial charge in [-0.2, -0.15) is 0 Å². The summed E-state index contributed by atoms with van der Waals surface area (Å²) in [4.78, 5) is 24.3. The molecule has 0 bridgehead atoms. The van der Waals surface area contributed by atoms with Crippen molar-refractivity contribution < 1.29 is 28.5 Å². The normalized spacial score (nSPS) is 14.6. The first-order chi connectivity index (χ1) is 11.1. The number of rotatable bonds is 5. The zero-order chi connectivity index (χ0) is 17.0. The van der Waals surface area contributed by atoms with Crippen LogP contribution in [0.15, 0.2) is 28.0 Å². The second-order valence-electron chi connectivity index (χ2n) is 4.29. The Morgan fingerprint density at radius 3 is 1.65 bits per heavy atom. The summed E-state index contributed by atoms with van der Waals surface area (Å²) in [7, 11) is 5.65. The van der Waals surface area contributed by atoms with Gasteiger partial charge in [-0.25, -0.2) is 9.59 Å². The average Bonchev–Trinajstić information content (AvgIpc) is 3.04. The summed E-state index contributed by atoms with van der Waals surface area (Å²) < 4.78 is 20.0. The molecule has 0 fully saturated rings. The monoisotopic (exact) mass is 356 g/mol. The smallest absolute Gasteiger partial charge is 0.345 e. The number of carbonyl (C=O) groups is 2. The van der Waals surface area contributed by atoms with E-state index in [9.17, 15) is 9.59 Å². The molecule has 0 amide bonds. The molecular formula is C15H16O6S2. The molecule has 1 aliphatic heterocycles. The second kappa shape index (κ2) is 7.65. The molecule has 0 N–H and O–H groups in total. The SMILES string of the molecule is COC(=O)C1=C(C(=O)OC)SC(c2c(OC)cccc2OC)S1. The number of methoxy groups -OCH3 is 4. The van der Waals surface area contributed by atoms with Crippen LogP contribution in [0.4, 0.5) is 0 Å². The molecule has 0 atom stereocenters. The fraction of sp³-hybridized carbons (Fsp3) is 0.333. The summed E-state index contributed by atoms with van der Waals surface area (Å²) >= 11 is 2.43. The lowest BCUT2D eigenvalue weighted by molar-refractivity contribution is -0.138. The largest absolute Gasteiger partial charge is 0.496 e. The first-order valence-corrected chi connectivity index (χ1v) is 8.28. The van der Waals surface area contributed by atoms with Gasteiger partial charge in [-0.3, -0.25) is 0 Å². The summed E-state index contributed by atoms with van der Waals surface area (Å²) in [5, 5.41) is 0. The van der Waals surface area contributed by atoms with Gasteiger partial charge < -0.3 is 18.9 Å². The number of thioether (sulfide) groups is 2. The minimum atomic E-state index is -0.570. The van der Waals surface area contributed by atoms with Crippen LogP contribution in [0.25, 0.3) is 0 Å². The van der Waals surface area contributed by atoms with Gasteiger partial charge in [0.1, 0.15) is 21.3 Å². The molecule has 0 saturated heterocycles. The Hall–Kier alpha value is -1.80. The molecule has 1 aromatic carbocycles. The quantitative estimate of drug-likeness (QED) is 0.746. The average molecular weight is 356 g/mol. The van der Waals surface area contributed by atoms with E-state index in [-0.39, 0.29) is 14.4 Å². The molecule has 0 radical (unpaired) electrons. The van der Waals surface area contributed by atoms with Crippen LogP contribution in [0.5, 0.6) is 11.5 Å². The predicted molar refractivity (Wildman–Crippen MR) is 88.5 cm³/mol. The Kier molecular flexibility index (Phi) is 5.84. The van der Waals surface area contributed by atoms with Gasteiger partial charge >= 0.3 is 11.9 Å². The third kappa shape index (κ3) is 3.42. The molecule has 23 heavy (non-hydrogen) atoms. The Bertz CT molecular complexity index is 605. The highest BCUT2D eigenvalue weighted by Crippen LogP contribution is 2.59. The molecule has 0 aromatic heterocycles. The molecule has 6 nitrogen and oxygen atoms in total. The van der Waals surface area contributed by atoms with Gasteiger partial charge in [-0.05, 0) is 12.1 Å². The van der Waals surface area contributed by atoms with E-state index in [2.05, 4.69) is 0 Å². The summed E-state index contributed by atoms with van der Waals surface area (Å²) in [6.07, 6.45) is 0. The van der Waals surface area contributed by atoms with Crippen LogP contribution in [0.3, 0.4) is 0 Å². The van der Waals surface area contributed by atoms with Crippen molar-refractivity contribution >= 4 is 35.5 Å². The minimum absolute atomic E-state index is 0.224. The van der Waals surface area contributed by atoms with Gasteiger partial charge in [0.05, 0.1) is 38.6 Å². The van der Waals surface area contributed by atoms with Crippen LogP contribution >= 0.6 is 23.5 Å². The first-order valence-electron chi connectivity index (χ1n) is 6.52. The van der Waals surface area contributed by atoms with E-state index in [4.69, 9.17) is 18.9 Å². The lowest BCUT2D eigenvalue weighted by Gasteiger charge is -2.17. The van der Waals surface area contributed by atoms with Crippen molar-refractivity contribution in [1.82, 2.24) is 0 Å². The van der Waals surface area contributed by atoms with Crippen molar-refractivity contribution in [2.45, 2.75) is 4.58 Å². The number of hydrogen-bond donors (Lipinski definition) is 0. The molecule has 1 aliphatic rings. The zero-order valence-electron chi connectivity index (χ0n) is 13.1. The fourth-order valence-electron chi connectivity index (χ4n) is 2.04. The lowest BCUT2D eigenvalue weighted by Crippen LogP contribution is -2.08. The van der Waals surface area contributed by atoms with E-state index in [1.54, 1.807) is 32.4 Å². The third-order valence-corrected chi connectivity index (χ3v) is 5.92. The van der Waals surface area contributed by atoms with Gasteiger partial charge in [0.15, 0.2) is 0 Å². The highest BCUT2D eigenvalue weighted by molar-refractivity contribution is 8.23. The molecule has 2 rings (SSSR count).